The van der Waals surface area contributed by atoms with Crippen LogP contribution >= 0.6 is 0 Å². The van der Waals surface area contributed by atoms with E-state index in [4.69, 9.17) is 0 Å². The predicted octanol–water partition coefficient (Wildman–Crippen LogP) is 1.93. The van der Waals surface area contributed by atoms with Crippen molar-refractivity contribution in [3.8, 4) is 0 Å². The summed E-state index contributed by atoms with van der Waals surface area (Å²) in [4.78, 5) is 0. The van der Waals surface area contributed by atoms with Crippen LogP contribution in [0.15, 0.2) is 0 Å². The van der Waals surface area contributed by atoms with Gasteiger partial charge in [0.05, 0.1) is 0 Å². The predicted molar refractivity (Wildman–Crippen MR) is 58.2 cm³/mol. The molecule has 2 saturated carbocycles. The van der Waals surface area contributed by atoms with Gasteiger partial charge in [0.1, 0.15) is 0 Å². The maximum Gasteiger partial charge on any atom is 0.0499 e. The normalized spacial score (nSPS) is 25.5. The molecule has 2 fully saturated rings. The summed E-state index contributed by atoms with van der Waals surface area (Å²) in [6.45, 7) is 2.58. The third-order valence-electron chi connectivity index (χ3n) is 4.20. The van der Waals surface area contributed by atoms with Gasteiger partial charge in [-0.05, 0) is 31.7 Å². The average molecular weight is 197 g/mol. The highest BCUT2D eigenvalue weighted by Gasteiger charge is 2.35. The topological polar surface area (TPSA) is 32.3 Å². The van der Waals surface area contributed by atoms with Crippen LogP contribution in [0.3, 0.4) is 0 Å². The minimum atomic E-state index is 0.264. The van der Waals surface area contributed by atoms with Crippen molar-refractivity contribution in [1.82, 2.24) is 5.32 Å². The molecule has 0 saturated heterocycles. The van der Waals surface area contributed by atoms with Crippen LogP contribution in [0.2, 0.25) is 0 Å². The van der Waals surface area contributed by atoms with Gasteiger partial charge in [0.25, 0.3) is 0 Å². The molecule has 2 N–H and O–H groups in total. The van der Waals surface area contributed by atoms with Gasteiger partial charge in [0.2, 0.25) is 0 Å². The summed E-state index contributed by atoms with van der Waals surface area (Å²) in [5.74, 6) is 1.01. The molecule has 82 valence electrons. The van der Waals surface area contributed by atoms with E-state index in [2.05, 4.69) is 5.32 Å². The second kappa shape index (κ2) is 4.63. The smallest absolute Gasteiger partial charge is 0.0499 e. The van der Waals surface area contributed by atoms with Crippen LogP contribution in [0.1, 0.15) is 44.9 Å². The Balaban J connectivity index is 1.53. The fourth-order valence-corrected chi connectivity index (χ4v) is 2.51. The molecule has 2 aliphatic carbocycles. The minimum absolute atomic E-state index is 0.264. The molecule has 2 rings (SSSR count). The molecule has 0 amide bonds. The lowest BCUT2D eigenvalue weighted by molar-refractivity contribution is 0.0443. The summed E-state index contributed by atoms with van der Waals surface area (Å²) < 4.78 is 0. The number of nitrogens with one attached hydrogen (secondary N) is 1. The Kier molecular flexibility index (Phi) is 3.45. The lowest BCUT2D eigenvalue weighted by Crippen LogP contribution is -2.43. The fourth-order valence-electron chi connectivity index (χ4n) is 2.51. The van der Waals surface area contributed by atoms with E-state index in [0.717, 1.165) is 19.0 Å². The molecule has 2 heteroatoms. The van der Waals surface area contributed by atoms with E-state index in [-0.39, 0.29) is 5.41 Å². The van der Waals surface area contributed by atoms with Gasteiger partial charge >= 0.3 is 0 Å². The van der Waals surface area contributed by atoms with Crippen molar-refractivity contribution in [3.63, 3.8) is 0 Å². The van der Waals surface area contributed by atoms with Crippen LogP contribution in [-0.2, 0) is 0 Å². The van der Waals surface area contributed by atoms with Gasteiger partial charge in [-0.25, -0.2) is 0 Å². The third-order valence-corrected chi connectivity index (χ3v) is 4.20. The quantitative estimate of drug-likeness (QED) is 0.638. The molecule has 0 atom stereocenters. The molecular weight excluding hydrogens is 174 g/mol. The highest BCUT2D eigenvalue weighted by Crippen LogP contribution is 2.39. The molecule has 0 aromatic heterocycles. The van der Waals surface area contributed by atoms with Gasteiger partial charge in [-0.1, -0.05) is 25.7 Å². The third kappa shape index (κ3) is 2.29. The summed E-state index contributed by atoms with van der Waals surface area (Å²) in [5.41, 5.74) is 0.264. The molecule has 0 heterocycles. The van der Waals surface area contributed by atoms with E-state index in [1.807, 2.05) is 0 Å². The number of rotatable bonds is 6. The van der Waals surface area contributed by atoms with Gasteiger partial charge in [-0.2, -0.15) is 0 Å². The Labute approximate surface area is 87.1 Å². The molecule has 0 aromatic carbocycles. The molecule has 0 spiro atoms. The van der Waals surface area contributed by atoms with E-state index < -0.39 is 0 Å². The van der Waals surface area contributed by atoms with Crippen molar-refractivity contribution in [3.05, 3.63) is 0 Å². The van der Waals surface area contributed by atoms with Crippen LogP contribution in [-0.4, -0.2) is 24.8 Å². The van der Waals surface area contributed by atoms with Crippen molar-refractivity contribution in [2.24, 2.45) is 11.3 Å². The summed E-state index contributed by atoms with van der Waals surface area (Å²) in [6.07, 6.45) is 9.46. The fraction of sp³-hybridized carbons (Fsp3) is 1.00. The molecular formula is C12H23NO. The van der Waals surface area contributed by atoms with Crippen molar-refractivity contribution in [2.75, 3.05) is 19.7 Å². The Morgan fingerprint density at radius 1 is 1.21 bits per heavy atom. The Hall–Kier alpha value is -0.0800. The van der Waals surface area contributed by atoms with E-state index in [1.54, 1.807) is 0 Å². The molecule has 0 unspecified atom stereocenters. The van der Waals surface area contributed by atoms with E-state index >= 15 is 0 Å². The average Bonchev–Trinajstić information content (AvgIpc) is 2.05. The maximum atomic E-state index is 9.26. The summed E-state index contributed by atoms with van der Waals surface area (Å²) in [5, 5.41) is 12.8. The Bertz CT molecular complexity index is 168. The molecule has 14 heavy (non-hydrogen) atoms. The van der Waals surface area contributed by atoms with E-state index in [0.29, 0.717) is 6.61 Å². The van der Waals surface area contributed by atoms with Gasteiger partial charge in [0.15, 0.2) is 0 Å². The summed E-state index contributed by atoms with van der Waals surface area (Å²) in [6, 6.07) is 0. The second-order valence-corrected chi connectivity index (χ2v) is 5.27. The van der Waals surface area contributed by atoms with Crippen molar-refractivity contribution >= 4 is 0 Å². The highest BCUT2D eigenvalue weighted by atomic mass is 16.3. The minimum Gasteiger partial charge on any atom is -0.396 e. The van der Waals surface area contributed by atoms with Gasteiger partial charge in [-0.15, -0.1) is 0 Å². The maximum absolute atomic E-state index is 9.26. The first-order valence-corrected chi connectivity index (χ1v) is 6.16. The van der Waals surface area contributed by atoms with Crippen molar-refractivity contribution < 1.29 is 5.11 Å². The van der Waals surface area contributed by atoms with Crippen molar-refractivity contribution in [2.45, 2.75) is 44.9 Å². The summed E-state index contributed by atoms with van der Waals surface area (Å²) >= 11 is 0. The van der Waals surface area contributed by atoms with Crippen LogP contribution < -0.4 is 5.32 Å². The highest BCUT2D eigenvalue weighted by molar-refractivity contribution is 4.89. The zero-order valence-electron chi connectivity index (χ0n) is 9.10. The first-order chi connectivity index (χ1) is 6.85. The van der Waals surface area contributed by atoms with E-state index in [9.17, 15) is 5.11 Å². The lowest BCUT2D eigenvalue weighted by Gasteiger charge is -2.40. The van der Waals surface area contributed by atoms with Crippen LogP contribution in [0, 0.1) is 11.3 Å². The van der Waals surface area contributed by atoms with Crippen LogP contribution in [0.4, 0.5) is 0 Å². The molecule has 0 aliphatic heterocycles. The SMILES string of the molecule is OCC1(CNCCC2CCC2)CCC1. The van der Waals surface area contributed by atoms with Crippen molar-refractivity contribution in [1.29, 1.82) is 0 Å². The number of aliphatic hydroxyl groups excluding tert-OH is 1. The van der Waals surface area contributed by atoms with E-state index in [1.165, 1.54) is 44.9 Å². The van der Waals surface area contributed by atoms with Crippen LogP contribution in [0.5, 0.6) is 0 Å². The Morgan fingerprint density at radius 2 is 2.00 bits per heavy atom. The standard InChI is InChI=1S/C12H23NO/c14-10-12(6-2-7-12)9-13-8-5-11-3-1-4-11/h11,13-14H,1-10H2. The monoisotopic (exact) mass is 197 g/mol. The van der Waals surface area contributed by atoms with Gasteiger partial charge in [0, 0.05) is 18.6 Å². The number of aliphatic hydroxyl groups is 1. The molecule has 2 nitrogen and oxygen atoms in total. The van der Waals surface area contributed by atoms with Gasteiger partial charge in [-0.3, -0.25) is 0 Å². The zero-order chi connectivity index (χ0) is 9.86. The largest absolute Gasteiger partial charge is 0.396 e. The Morgan fingerprint density at radius 3 is 2.43 bits per heavy atom. The first kappa shape index (κ1) is 10.4. The van der Waals surface area contributed by atoms with Crippen LogP contribution in [0.25, 0.3) is 0 Å². The number of hydrogen-bond acceptors (Lipinski definition) is 2. The molecule has 0 aromatic rings. The lowest BCUT2D eigenvalue weighted by atomic mass is 9.69. The second-order valence-electron chi connectivity index (χ2n) is 5.27. The molecule has 2 aliphatic rings. The molecule has 0 bridgehead atoms. The summed E-state index contributed by atoms with van der Waals surface area (Å²) in [7, 11) is 0. The first-order valence-electron chi connectivity index (χ1n) is 6.16. The number of hydrogen-bond donors (Lipinski definition) is 2. The van der Waals surface area contributed by atoms with Gasteiger partial charge < -0.3 is 10.4 Å². The molecule has 0 radical (unpaired) electrons. The zero-order valence-corrected chi connectivity index (χ0v) is 9.10.